The van der Waals surface area contributed by atoms with E-state index in [2.05, 4.69) is 21.8 Å². The van der Waals surface area contributed by atoms with Gasteiger partial charge >= 0.3 is 0 Å². The lowest BCUT2D eigenvalue weighted by Crippen LogP contribution is -2.29. The number of hydrogen-bond acceptors (Lipinski definition) is 5. The van der Waals surface area contributed by atoms with E-state index in [0.29, 0.717) is 5.69 Å². The van der Waals surface area contributed by atoms with E-state index >= 15 is 0 Å². The van der Waals surface area contributed by atoms with Gasteiger partial charge in [0.25, 0.3) is 5.69 Å². The number of anilines is 1. The van der Waals surface area contributed by atoms with Crippen molar-refractivity contribution in [2.24, 2.45) is 0 Å². The largest absolute Gasteiger partial charge is 0.355 e. The minimum atomic E-state index is -0.366. The van der Waals surface area contributed by atoms with Gasteiger partial charge in [0.15, 0.2) is 5.69 Å². The van der Waals surface area contributed by atoms with Crippen molar-refractivity contribution in [3.63, 3.8) is 0 Å². The Morgan fingerprint density at radius 1 is 1.04 bits per heavy atom. The molecule has 1 aromatic heterocycles. The van der Waals surface area contributed by atoms with E-state index < -0.39 is 0 Å². The van der Waals surface area contributed by atoms with Crippen LogP contribution in [0.5, 0.6) is 0 Å². The zero-order chi connectivity index (χ0) is 16.2. The van der Waals surface area contributed by atoms with Crippen molar-refractivity contribution in [3.8, 4) is 11.3 Å². The molecule has 0 saturated carbocycles. The first-order valence-electron chi connectivity index (χ1n) is 7.79. The fourth-order valence-corrected chi connectivity index (χ4v) is 2.85. The summed E-state index contributed by atoms with van der Waals surface area (Å²) in [5.74, 6) is 0.810. The van der Waals surface area contributed by atoms with Crippen LogP contribution in [0, 0.1) is 10.1 Å². The zero-order valence-corrected chi connectivity index (χ0v) is 13.2. The molecule has 0 unspecified atom stereocenters. The number of nitrogens with zero attached hydrogens (tertiary/aromatic N) is 4. The average molecular weight is 312 g/mol. The van der Waals surface area contributed by atoms with Crippen LogP contribution in [0.1, 0.15) is 6.42 Å². The highest BCUT2D eigenvalue weighted by Gasteiger charge is 2.20. The third-order valence-corrected chi connectivity index (χ3v) is 4.15. The molecule has 23 heavy (non-hydrogen) atoms. The molecule has 0 N–H and O–H groups in total. The van der Waals surface area contributed by atoms with E-state index in [1.807, 2.05) is 30.3 Å². The maximum absolute atomic E-state index is 11.3. The lowest BCUT2D eigenvalue weighted by atomic mass is 10.1. The van der Waals surface area contributed by atoms with E-state index in [0.717, 1.165) is 44.0 Å². The first-order valence-corrected chi connectivity index (χ1v) is 7.79. The van der Waals surface area contributed by atoms with Crippen LogP contribution in [0.25, 0.3) is 11.3 Å². The number of rotatable bonds is 3. The fourth-order valence-electron chi connectivity index (χ4n) is 2.85. The van der Waals surface area contributed by atoms with Crippen molar-refractivity contribution in [2.75, 3.05) is 38.1 Å². The van der Waals surface area contributed by atoms with Gasteiger partial charge in [0.2, 0.25) is 0 Å². The second-order valence-electron chi connectivity index (χ2n) is 5.80. The number of hydrogen-bond donors (Lipinski definition) is 0. The SMILES string of the molecule is CN1CCCN(c2ccc([N+](=O)[O-])c(-c3ccccc3)n2)CC1. The monoisotopic (exact) mass is 312 g/mol. The molecule has 3 rings (SSSR count). The molecule has 1 saturated heterocycles. The molecule has 0 atom stereocenters. The molecular weight excluding hydrogens is 292 g/mol. The summed E-state index contributed by atoms with van der Waals surface area (Å²) >= 11 is 0. The summed E-state index contributed by atoms with van der Waals surface area (Å²) in [6.45, 7) is 3.84. The van der Waals surface area contributed by atoms with Crippen molar-refractivity contribution in [2.45, 2.75) is 6.42 Å². The van der Waals surface area contributed by atoms with Crippen LogP contribution in [-0.4, -0.2) is 48.0 Å². The van der Waals surface area contributed by atoms with Gasteiger partial charge in [0.05, 0.1) is 4.92 Å². The summed E-state index contributed by atoms with van der Waals surface area (Å²) in [7, 11) is 2.11. The van der Waals surface area contributed by atoms with Gasteiger partial charge in [-0.3, -0.25) is 10.1 Å². The Bertz CT molecular complexity index is 690. The van der Waals surface area contributed by atoms with Gasteiger partial charge in [-0.1, -0.05) is 30.3 Å². The predicted molar refractivity (Wildman–Crippen MR) is 90.7 cm³/mol. The number of benzene rings is 1. The highest BCUT2D eigenvalue weighted by atomic mass is 16.6. The molecule has 0 radical (unpaired) electrons. The Hall–Kier alpha value is -2.47. The van der Waals surface area contributed by atoms with Crippen LogP contribution in [0.4, 0.5) is 11.5 Å². The van der Waals surface area contributed by atoms with Crippen LogP contribution >= 0.6 is 0 Å². The molecular formula is C17H20N4O2. The molecule has 0 amide bonds. The van der Waals surface area contributed by atoms with Gasteiger partial charge in [0.1, 0.15) is 5.82 Å². The minimum absolute atomic E-state index is 0.0480. The quantitative estimate of drug-likeness (QED) is 0.644. The van der Waals surface area contributed by atoms with Gasteiger partial charge < -0.3 is 9.80 Å². The number of likely N-dealkylation sites (N-methyl/N-ethyl adjacent to an activating group) is 1. The van der Waals surface area contributed by atoms with Crippen LogP contribution < -0.4 is 4.90 Å². The molecule has 2 heterocycles. The molecule has 0 spiro atoms. The number of nitro groups is 1. The van der Waals surface area contributed by atoms with Crippen LogP contribution in [0.15, 0.2) is 42.5 Å². The Labute approximate surface area is 135 Å². The van der Waals surface area contributed by atoms with Gasteiger partial charge in [0, 0.05) is 31.3 Å². The van der Waals surface area contributed by atoms with Crippen molar-refractivity contribution in [1.29, 1.82) is 0 Å². The third kappa shape index (κ3) is 3.48. The second-order valence-corrected chi connectivity index (χ2v) is 5.80. The fraction of sp³-hybridized carbons (Fsp3) is 0.353. The van der Waals surface area contributed by atoms with E-state index in [1.165, 1.54) is 0 Å². The number of pyridine rings is 1. The van der Waals surface area contributed by atoms with Crippen molar-refractivity contribution in [3.05, 3.63) is 52.6 Å². The minimum Gasteiger partial charge on any atom is -0.355 e. The van der Waals surface area contributed by atoms with Gasteiger partial charge in [-0.05, 0) is 26.1 Å². The molecule has 1 aliphatic rings. The average Bonchev–Trinajstić information content (AvgIpc) is 2.79. The molecule has 2 aromatic rings. The number of aromatic nitrogens is 1. The van der Waals surface area contributed by atoms with Crippen LogP contribution in [-0.2, 0) is 0 Å². The molecule has 0 bridgehead atoms. The highest BCUT2D eigenvalue weighted by molar-refractivity contribution is 5.71. The van der Waals surface area contributed by atoms with E-state index in [1.54, 1.807) is 12.1 Å². The van der Waals surface area contributed by atoms with Crippen LogP contribution in [0.3, 0.4) is 0 Å². The molecule has 1 fully saturated rings. The lowest BCUT2D eigenvalue weighted by molar-refractivity contribution is -0.384. The second kappa shape index (κ2) is 6.75. The molecule has 1 aromatic carbocycles. The maximum atomic E-state index is 11.3. The van der Waals surface area contributed by atoms with Gasteiger partial charge in [-0.2, -0.15) is 0 Å². The Morgan fingerprint density at radius 3 is 2.57 bits per heavy atom. The molecule has 1 aliphatic heterocycles. The van der Waals surface area contributed by atoms with Crippen LogP contribution in [0.2, 0.25) is 0 Å². The van der Waals surface area contributed by atoms with E-state index in [-0.39, 0.29) is 10.6 Å². The Kier molecular flexibility index (Phi) is 4.52. The predicted octanol–water partition coefficient (Wildman–Crippen LogP) is 2.80. The van der Waals surface area contributed by atoms with Gasteiger partial charge in [-0.25, -0.2) is 4.98 Å². The van der Waals surface area contributed by atoms with Crippen molar-refractivity contribution >= 4 is 11.5 Å². The topological polar surface area (TPSA) is 62.5 Å². The normalized spacial score (nSPS) is 16.1. The summed E-state index contributed by atoms with van der Waals surface area (Å²) in [4.78, 5) is 20.1. The van der Waals surface area contributed by atoms with Gasteiger partial charge in [-0.15, -0.1) is 0 Å². The summed E-state index contributed by atoms with van der Waals surface area (Å²) < 4.78 is 0. The first-order chi connectivity index (χ1) is 11.1. The Morgan fingerprint density at radius 2 is 1.83 bits per heavy atom. The maximum Gasteiger partial charge on any atom is 0.295 e. The smallest absolute Gasteiger partial charge is 0.295 e. The van der Waals surface area contributed by atoms with E-state index in [9.17, 15) is 10.1 Å². The van der Waals surface area contributed by atoms with Crippen molar-refractivity contribution in [1.82, 2.24) is 9.88 Å². The first kappa shape index (κ1) is 15.4. The summed E-state index contributed by atoms with van der Waals surface area (Å²) in [6.07, 6.45) is 1.07. The molecule has 6 heteroatoms. The summed E-state index contributed by atoms with van der Waals surface area (Å²) in [6, 6.07) is 12.7. The summed E-state index contributed by atoms with van der Waals surface area (Å²) in [5, 5.41) is 11.3. The molecule has 0 aliphatic carbocycles. The zero-order valence-electron chi connectivity index (χ0n) is 13.2. The lowest BCUT2D eigenvalue weighted by Gasteiger charge is -2.22. The highest BCUT2D eigenvalue weighted by Crippen LogP contribution is 2.30. The summed E-state index contributed by atoms with van der Waals surface area (Å²) in [5.41, 5.74) is 1.26. The van der Waals surface area contributed by atoms with Crippen molar-refractivity contribution < 1.29 is 4.92 Å². The third-order valence-electron chi connectivity index (χ3n) is 4.15. The molecule has 6 nitrogen and oxygen atoms in total. The van der Waals surface area contributed by atoms with E-state index in [4.69, 9.17) is 0 Å². The Balaban J connectivity index is 1.98. The standard InChI is InChI=1S/C17H20N4O2/c1-19-10-5-11-20(13-12-19)16-9-8-15(21(22)23)17(18-16)14-6-3-2-4-7-14/h2-4,6-9H,5,10-13H2,1H3. The molecule has 120 valence electrons.